The molecule has 0 unspecified atom stereocenters. The van der Waals surface area contributed by atoms with Gasteiger partial charge in [0.05, 0.1) is 18.6 Å². The Morgan fingerprint density at radius 2 is 1.54 bits per heavy atom. The van der Waals surface area contributed by atoms with Crippen molar-refractivity contribution in [3.05, 3.63) is 108 Å². The summed E-state index contributed by atoms with van der Waals surface area (Å²) in [6, 6.07) is 29.7. The lowest BCUT2D eigenvalue weighted by molar-refractivity contribution is -0.121. The van der Waals surface area contributed by atoms with E-state index in [1.165, 1.54) is 23.5 Å². The van der Waals surface area contributed by atoms with Crippen LogP contribution in [0.5, 0.6) is 5.75 Å². The number of amides is 1. The number of benzene rings is 4. The van der Waals surface area contributed by atoms with Crippen LogP contribution in [0.25, 0.3) is 10.8 Å². The van der Waals surface area contributed by atoms with E-state index in [0.717, 1.165) is 21.9 Å². The predicted molar refractivity (Wildman–Crippen MR) is 138 cm³/mol. The van der Waals surface area contributed by atoms with Crippen molar-refractivity contribution in [3.63, 3.8) is 0 Å². The number of methoxy groups -OCH3 is 1. The van der Waals surface area contributed by atoms with Crippen molar-refractivity contribution in [2.75, 3.05) is 20.2 Å². The largest absolute Gasteiger partial charge is 0.497 e. The average Bonchev–Trinajstić information content (AvgIpc) is 2.90. The highest BCUT2D eigenvalue weighted by molar-refractivity contribution is 7.89. The first-order valence-electron chi connectivity index (χ1n) is 11.4. The summed E-state index contributed by atoms with van der Waals surface area (Å²) in [5.41, 5.74) is 1.98. The first-order valence-corrected chi connectivity index (χ1v) is 12.8. The van der Waals surface area contributed by atoms with Crippen molar-refractivity contribution in [3.8, 4) is 5.75 Å². The van der Waals surface area contributed by atoms with Crippen LogP contribution in [0.1, 0.15) is 11.1 Å². The summed E-state index contributed by atoms with van der Waals surface area (Å²) in [5, 5.41) is 5.04. The molecule has 4 aromatic rings. The zero-order valence-electron chi connectivity index (χ0n) is 19.6. The van der Waals surface area contributed by atoms with Gasteiger partial charge in [0, 0.05) is 13.1 Å². The Morgan fingerprint density at radius 3 is 2.29 bits per heavy atom. The van der Waals surface area contributed by atoms with Crippen LogP contribution < -0.4 is 10.1 Å². The van der Waals surface area contributed by atoms with Crippen molar-refractivity contribution in [2.45, 2.75) is 17.9 Å². The first kappa shape index (κ1) is 24.4. The molecule has 4 rings (SSSR count). The van der Waals surface area contributed by atoms with Gasteiger partial charge in [0.1, 0.15) is 5.75 Å². The summed E-state index contributed by atoms with van der Waals surface area (Å²) in [4.78, 5) is 13.0. The molecule has 0 saturated carbocycles. The summed E-state index contributed by atoms with van der Waals surface area (Å²) in [5.74, 6) is 0.204. The summed E-state index contributed by atoms with van der Waals surface area (Å²) in [7, 11) is -2.37. The van der Waals surface area contributed by atoms with Gasteiger partial charge in [0.25, 0.3) is 0 Å². The third kappa shape index (κ3) is 6.07. The zero-order chi connectivity index (χ0) is 24.7. The van der Waals surface area contributed by atoms with E-state index in [0.29, 0.717) is 18.7 Å². The minimum absolute atomic E-state index is 0.119. The second-order valence-corrected chi connectivity index (χ2v) is 10.1. The van der Waals surface area contributed by atoms with E-state index >= 15 is 0 Å². The molecule has 0 atom stereocenters. The monoisotopic (exact) mass is 488 g/mol. The normalized spacial score (nSPS) is 11.5. The maximum absolute atomic E-state index is 13.4. The minimum atomic E-state index is -3.89. The molecule has 180 valence electrons. The van der Waals surface area contributed by atoms with Gasteiger partial charge >= 0.3 is 0 Å². The highest BCUT2D eigenvalue weighted by Crippen LogP contribution is 2.21. The van der Waals surface area contributed by atoms with Gasteiger partial charge in [0.15, 0.2) is 0 Å². The predicted octanol–water partition coefficient (Wildman–Crippen LogP) is 4.40. The number of hydrogen-bond donors (Lipinski definition) is 1. The Labute approximate surface area is 206 Å². The van der Waals surface area contributed by atoms with Crippen LogP contribution in [-0.2, 0) is 27.8 Å². The fourth-order valence-electron chi connectivity index (χ4n) is 3.94. The second-order valence-electron chi connectivity index (χ2n) is 8.16. The first-order chi connectivity index (χ1) is 17.0. The lowest BCUT2D eigenvalue weighted by atomic mass is 10.0. The van der Waals surface area contributed by atoms with Crippen LogP contribution >= 0.6 is 0 Å². The van der Waals surface area contributed by atoms with Crippen molar-refractivity contribution in [2.24, 2.45) is 0 Å². The molecule has 0 aromatic heterocycles. The minimum Gasteiger partial charge on any atom is -0.497 e. The Kier molecular flexibility index (Phi) is 7.80. The van der Waals surface area contributed by atoms with E-state index in [4.69, 9.17) is 4.74 Å². The van der Waals surface area contributed by atoms with Gasteiger partial charge in [-0.2, -0.15) is 4.31 Å². The molecular weight excluding hydrogens is 460 g/mol. The highest BCUT2D eigenvalue weighted by Gasteiger charge is 2.26. The SMILES string of the molecule is COc1ccc(S(=O)(=O)N(CCc2ccccc2)CC(=O)NCc2cccc3ccccc23)cc1. The number of nitrogens with zero attached hydrogens (tertiary/aromatic N) is 1. The molecule has 6 nitrogen and oxygen atoms in total. The zero-order valence-corrected chi connectivity index (χ0v) is 20.4. The van der Waals surface area contributed by atoms with Crippen LogP contribution in [0.2, 0.25) is 0 Å². The Hall–Kier alpha value is -3.68. The lowest BCUT2D eigenvalue weighted by Crippen LogP contribution is -2.41. The third-order valence-electron chi connectivity index (χ3n) is 5.87. The fourth-order valence-corrected chi connectivity index (χ4v) is 5.33. The van der Waals surface area contributed by atoms with E-state index in [2.05, 4.69) is 5.32 Å². The van der Waals surface area contributed by atoms with Gasteiger partial charge in [-0.1, -0.05) is 72.8 Å². The number of carbonyl (C=O) groups is 1. The molecule has 0 heterocycles. The van der Waals surface area contributed by atoms with Gasteiger partial charge in [0.2, 0.25) is 15.9 Å². The van der Waals surface area contributed by atoms with Crippen LogP contribution in [-0.4, -0.2) is 38.8 Å². The number of ether oxygens (including phenoxy) is 1. The summed E-state index contributed by atoms with van der Waals surface area (Å²) < 4.78 is 33.3. The van der Waals surface area contributed by atoms with Gasteiger partial charge in [-0.15, -0.1) is 0 Å². The number of rotatable bonds is 10. The Morgan fingerprint density at radius 1 is 0.857 bits per heavy atom. The van der Waals surface area contributed by atoms with Crippen molar-refractivity contribution in [1.82, 2.24) is 9.62 Å². The number of nitrogens with one attached hydrogen (secondary N) is 1. The quantitative estimate of drug-likeness (QED) is 0.359. The summed E-state index contributed by atoms with van der Waals surface area (Å²) >= 11 is 0. The van der Waals surface area contributed by atoms with Gasteiger partial charge < -0.3 is 10.1 Å². The molecule has 0 spiro atoms. The molecular formula is C28H28N2O4S. The smallest absolute Gasteiger partial charge is 0.243 e. The molecule has 0 aliphatic rings. The van der Waals surface area contributed by atoms with E-state index in [-0.39, 0.29) is 23.9 Å². The molecule has 0 fully saturated rings. The molecule has 0 saturated heterocycles. The summed E-state index contributed by atoms with van der Waals surface area (Å²) in [6.45, 7) is 0.224. The van der Waals surface area contributed by atoms with Crippen LogP contribution in [0.15, 0.2) is 102 Å². The van der Waals surface area contributed by atoms with E-state index in [9.17, 15) is 13.2 Å². The van der Waals surface area contributed by atoms with Crippen LogP contribution in [0, 0.1) is 0 Å². The fraction of sp³-hybridized carbons (Fsp3) is 0.179. The third-order valence-corrected chi connectivity index (χ3v) is 7.73. The van der Waals surface area contributed by atoms with E-state index < -0.39 is 10.0 Å². The number of carbonyl (C=O) groups excluding carboxylic acids is 1. The van der Waals surface area contributed by atoms with Crippen molar-refractivity contribution >= 4 is 26.7 Å². The lowest BCUT2D eigenvalue weighted by Gasteiger charge is -2.22. The van der Waals surface area contributed by atoms with Gasteiger partial charge in [-0.25, -0.2) is 8.42 Å². The van der Waals surface area contributed by atoms with Gasteiger partial charge in [-0.05, 0) is 52.6 Å². The number of hydrogen-bond acceptors (Lipinski definition) is 4. The van der Waals surface area contributed by atoms with Crippen LogP contribution in [0.3, 0.4) is 0 Å². The molecule has 4 aromatic carbocycles. The van der Waals surface area contributed by atoms with Gasteiger partial charge in [-0.3, -0.25) is 4.79 Å². The van der Waals surface area contributed by atoms with E-state index in [1.807, 2.05) is 72.8 Å². The number of fused-ring (bicyclic) bond motifs is 1. The standard InChI is InChI=1S/C28H28N2O4S/c1-34-25-14-16-26(17-15-25)35(32,33)30(19-18-22-8-3-2-4-9-22)21-28(31)29-20-24-12-7-11-23-10-5-6-13-27(23)24/h2-17H,18-21H2,1H3,(H,29,31). The molecule has 35 heavy (non-hydrogen) atoms. The average molecular weight is 489 g/mol. The molecule has 0 aliphatic heterocycles. The summed E-state index contributed by atoms with van der Waals surface area (Å²) in [6.07, 6.45) is 0.493. The van der Waals surface area contributed by atoms with Crippen LogP contribution in [0.4, 0.5) is 0 Å². The molecule has 1 amide bonds. The molecule has 0 radical (unpaired) electrons. The highest BCUT2D eigenvalue weighted by atomic mass is 32.2. The molecule has 7 heteroatoms. The Balaban J connectivity index is 1.51. The maximum Gasteiger partial charge on any atom is 0.243 e. The molecule has 1 N–H and O–H groups in total. The van der Waals surface area contributed by atoms with Crippen molar-refractivity contribution < 1.29 is 17.9 Å². The number of sulfonamides is 1. The molecule has 0 bridgehead atoms. The Bertz CT molecular complexity index is 1380. The molecule has 0 aliphatic carbocycles. The second kappa shape index (κ2) is 11.2. The van der Waals surface area contributed by atoms with E-state index in [1.54, 1.807) is 12.1 Å². The topological polar surface area (TPSA) is 75.7 Å². The maximum atomic E-state index is 13.4. The van der Waals surface area contributed by atoms with Crippen molar-refractivity contribution in [1.29, 1.82) is 0 Å².